The summed E-state index contributed by atoms with van der Waals surface area (Å²) in [4.78, 5) is 15.5. The molecule has 0 aliphatic heterocycles. The first kappa shape index (κ1) is 14.5. The summed E-state index contributed by atoms with van der Waals surface area (Å²) in [5.74, 6) is 0. The van der Waals surface area contributed by atoms with Crippen molar-refractivity contribution in [1.82, 2.24) is 4.98 Å². The van der Waals surface area contributed by atoms with Gasteiger partial charge in [-0.1, -0.05) is 23.5 Å². The Bertz CT molecular complexity index is 678. The largest absolute Gasteiger partial charge is 0.515 e. The lowest BCUT2D eigenvalue weighted by Gasteiger charge is -1.99. The number of carbonyl (C=O) groups is 1. The number of nitrogens with zero attached hydrogens (tertiary/aromatic N) is 2. The molecule has 2 aromatic rings. The van der Waals surface area contributed by atoms with E-state index in [1.165, 1.54) is 11.3 Å². The summed E-state index contributed by atoms with van der Waals surface area (Å²) in [6, 6.07) is 9.09. The van der Waals surface area contributed by atoms with Crippen LogP contribution in [-0.4, -0.2) is 17.7 Å². The zero-order valence-electron chi connectivity index (χ0n) is 10.4. The van der Waals surface area contributed by atoms with Crippen LogP contribution in [0.4, 0.5) is 4.79 Å². The van der Waals surface area contributed by atoms with E-state index in [0.717, 1.165) is 5.56 Å². The van der Waals surface area contributed by atoms with Crippen LogP contribution in [0.15, 0.2) is 28.1 Å². The van der Waals surface area contributed by atoms with Gasteiger partial charge in [-0.2, -0.15) is 5.26 Å². The van der Waals surface area contributed by atoms with Gasteiger partial charge in [0.05, 0.1) is 23.9 Å². The fraction of sp³-hybridized carbons (Fsp3) is 0.154. The van der Waals surface area contributed by atoms with Crippen molar-refractivity contribution in [3.63, 3.8) is 0 Å². The van der Waals surface area contributed by atoms with Crippen LogP contribution in [0.1, 0.15) is 12.5 Å². The first-order valence-electron chi connectivity index (χ1n) is 5.65. The van der Waals surface area contributed by atoms with Crippen molar-refractivity contribution in [3.8, 4) is 22.5 Å². The smallest absolute Gasteiger partial charge is 0.434 e. The highest BCUT2D eigenvalue weighted by Crippen LogP contribution is 2.37. The highest BCUT2D eigenvalue weighted by Gasteiger charge is 2.15. The molecule has 0 aliphatic carbocycles. The SMILES string of the molecule is CCOC(=O)Oc1nc(-c2cccc(C#N)c2)c(Br)s1. The number of nitriles is 1. The quantitative estimate of drug-likeness (QED) is 0.781. The molecule has 0 atom stereocenters. The maximum atomic E-state index is 11.2. The molecule has 0 amide bonds. The van der Waals surface area contributed by atoms with Crippen molar-refractivity contribution in [2.75, 3.05) is 6.61 Å². The molecule has 2 rings (SSSR count). The third-order valence-electron chi connectivity index (χ3n) is 2.26. The summed E-state index contributed by atoms with van der Waals surface area (Å²) in [6.45, 7) is 1.93. The minimum absolute atomic E-state index is 0.188. The maximum Gasteiger partial charge on any atom is 0.515 e. The van der Waals surface area contributed by atoms with Gasteiger partial charge >= 0.3 is 6.16 Å². The summed E-state index contributed by atoms with van der Waals surface area (Å²) < 4.78 is 10.3. The summed E-state index contributed by atoms with van der Waals surface area (Å²) in [5, 5.41) is 9.08. The van der Waals surface area contributed by atoms with E-state index in [1.54, 1.807) is 25.1 Å². The van der Waals surface area contributed by atoms with Crippen LogP contribution in [0.5, 0.6) is 5.19 Å². The van der Waals surface area contributed by atoms with E-state index < -0.39 is 6.16 Å². The van der Waals surface area contributed by atoms with Gasteiger partial charge in [0.15, 0.2) is 0 Å². The van der Waals surface area contributed by atoms with Crippen molar-refractivity contribution in [1.29, 1.82) is 5.26 Å². The maximum absolute atomic E-state index is 11.2. The first-order chi connectivity index (χ1) is 9.63. The molecule has 0 unspecified atom stereocenters. The monoisotopic (exact) mass is 352 g/mol. The van der Waals surface area contributed by atoms with Crippen LogP contribution < -0.4 is 4.74 Å². The van der Waals surface area contributed by atoms with Gasteiger partial charge in [0.2, 0.25) is 0 Å². The molecule has 0 spiro atoms. The Morgan fingerprint density at radius 1 is 1.55 bits per heavy atom. The standard InChI is InChI=1S/C13H9BrN2O3S/c1-2-18-13(17)19-12-16-10(11(14)20-12)9-5-3-4-8(6-9)7-15/h3-6H,2H2,1H3. The van der Waals surface area contributed by atoms with Crippen molar-refractivity contribution in [3.05, 3.63) is 33.6 Å². The molecule has 0 radical (unpaired) electrons. The molecular formula is C13H9BrN2O3S. The highest BCUT2D eigenvalue weighted by atomic mass is 79.9. The molecule has 1 aromatic carbocycles. The fourth-order valence-electron chi connectivity index (χ4n) is 1.46. The normalized spacial score (nSPS) is 9.85. The Hall–Kier alpha value is -1.91. The van der Waals surface area contributed by atoms with Gasteiger partial charge in [-0.25, -0.2) is 9.78 Å². The molecule has 0 aliphatic rings. The molecular weight excluding hydrogens is 344 g/mol. The number of benzene rings is 1. The van der Waals surface area contributed by atoms with E-state index in [-0.39, 0.29) is 11.8 Å². The van der Waals surface area contributed by atoms with E-state index >= 15 is 0 Å². The molecule has 0 saturated carbocycles. The zero-order valence-corrected chi connectivity index (χ0v) is 12.8. The van der Waals surface area contributed by atoms with Crippen molar-refractivity contribution < 1.29 is 14.3 Å². The van der Waals surface area contributed by atoms with Crippen molar-refractivity contribution in [2.45, 2.75) is 6.92 Å². The van der Waals surface area contributed by atoms with Gasteiger partial charge in [-0.15, -0.1) is 0 Å². The second kappa shape index (κ2) is 6.50. The number of hydrogen-bond donors (Lipinski definition) is 0. The van der Waals surface area contributed by atoms with E-state index in [9.17, 15) is 4.79 Å². The lowest BCUT2D eigenvalue weighted by molar-refractivity contribution is 0.104. The molecule has 5 nitrogen and oxygen atoms in total. The molecule has 0 N–H and O–H groups in total. The number of aromatic nitrogens is 1. The van der Waals surface area contributed by atoms with Crippen LogP contribution in [0, 0.1) is 11.3 Å². The van der Waals surface area contributed by atoms with E-state index in [0.29, 0.717) is 15.0 Å². The molecule has 20 heavy (non-hydrogen) atoms. The number of halogens is 1. The van der Waals surface area contributed by atoms with E-state index in [1.807, 2.05) is 6.07 Å². The molecule has 1 aromatic heterocycles. The van der Waals surface area contributed by atoms with Crippen LogP contribution >= 0.6 is 27.3 Å². The minimum Gasteiger partial charge on any atom is -0.434 e. The zero-order chi connectivity index (χ0) is 14.5. The molecule has 7 heteroatoms. The van der Waals surface area contributed by atoms with Gasteiger partial charge in [-0.3, -0.25) is 0 Å². The van der Waals surface area contributed by atoms with Crippen LogP contribution in [-0.2, 0) is 4.74 Å². The van der Waals surface area contributed by atoms with Crippen LogP contribution in [0.3, 0.4) is 0 Å². The Kier molecular flexibility index (Phi) is 4.71. The average Bonchev–Trinajstić information content (AvgIpc) is 2.79. The predicted octanol–water partition coefficient (Wildman–Crippen LogP) is 3.98. The molecule has 1 heterocycles. The Balaban J connectivity index is 2.27. The molecule has 102 valence electrons. The predicted molar refractivity (Wildman–Crippen MR) is 77.6 cm³/mol. The van der Waals surface area contributed by atoms with Crippen LogP contribution in [0.2, 0.25) is 0 Å². The van der Waals surface area contributed by atoms with Gasteiger partial charge in [0, 0.05) is 5.56 Å². The van der Waals surface area contributed by atoms with Gasteiger partial charge in [-0.05, 0) is 35.0 Å². The summed E-state index contributed by atoms with van der Waals surface area (Å²) >= 11 is 4.55. The molecule has 0 saturated heterocycles. The Morgan fingerprint density at radius 2 is 2.35 bits per heavy atom. The van der Waals surface area contributed by atoms with Crippen molar-refractivity contribution in [2.24, 2.45) is 0 Å². The Morgan fingerprint density at radius 3 is 3.05 bits per heavy atom. The van der Waals surface area contributed by atoms with Crippen molar-refractivity contribution >= 4 is 33.4 Å². The summed E-state index contributed by atoms with van der Waals surface area (Å²) in [5.41, 5.74) is 1.92. The number of hydrogen-bond acceptors (Lipinski definition) is 6. The highest BCUT2D eigenvalue weighted by molar-refractivity contribution is 9.11. The number of rotatable bonds is 3. The lowest BCUT2D eigenvalue weighted by Crippen LogP contribution is -2.09. The van der Waals surface area contributed by atoms with Gasteiger partial charge in [0.25, 0.3) is 5.19 Å². The summed E-state index contributed by atoms with van der Waals surface area (Å²) in [7, 11) is 0. The molecule has 0 fully saturated rings. The van der Waals surface area contributed by atoms with E-state index in [2.05, 4.69) is 31.7 Å². The lowest BCUT2D eigenvalue weighted by atomic mass is 10.1. The van der Waals surface area contributed by atoms with Crippen LogP contribution in [0.25, 0.3) is 11.3 Å². The second-order valence-electron chi connectivity index (χ2n) is 3.58. The molecule has 0 bridgehead atoms. The topological polar surface area (TPSA) is 72.2 Å². The third-order valence-corrected chi connectivity index (χ3v) is 3.85. The first-order valence-corrected chi connectivity index (χ1v) is 7.26. The number of carbonyl (C=O) groups excluding carboxylic acids is 1. The average molecular weight is 353 g/mol. The van der Waals surface area contributed by atoms with E-state index in [4.69, 9.17) is 10.00 Å². The number of thiazole rings is 1. The second-order valence-corrected chi connectivity index (χ2v) is 5.86. The Labute approximate surface area is 127 Å². The van der Waals surface area contributed by atoms with Gasteiger partial charge < -0.3 is 9.47 Å². The fourth-order valence-corrected chi connectivity index (χ4v) is 2.85. The summed E-state index contributed by atoms with van der Waals surface area (Å²) in [6.07, 6.45) is -0.786. The minimum atomic E-state index is -0.786. The number of ether oxygens (including phenoxy) is 2. The third kappa shape index (κ3) is 3.35. The van der Waals surface area contributed by atoms with Gasteiger partial charge in [0.1, 0.15) is 3.79 Å².